The molecule has 2 amide bonds. The van der Waals surface area contributed by atoms with E-state index in [-0.39, 0.29) is 11.8 Å². The molecule has 1 aromatic carbocycles. The van der Waals surface area contributed by atoms with Crippen molar-refractivity contribution in [3.05, 3.63) is 64.9 Å². The van der Waals surface area contributed by atoms with Crippen molar-refractivity contribution in [2.24, 2.45) is 7.05 Å². The molecule has 178 valence electrons. The van der Waals surface area contributed by atoms with Crippen molar-refractivity contribution in [3.63, 3.8) is 0 Å². The molecule has 1 saturated carbocycles. The van der Waals surface area contributed by atoms with E-state index in [1.54, 1.807) is 19.3 Å². The number of allylic oxidation sites excluding steroid dienone is 1. The third-order valence-electron chi connectivity index (χ3n) is 6.39. The number of benzene rings is 1. The fraction of sp³-hybridized carbons (Fsp3) is 0.385. The number of nitrogens with one attached hydrogen (secondary N) is 3. The minimum Gasteiger partial charge on any atom is -0.321 e. The highest BCUT2D eigenvalue weighted by atomic mass is 16.2. The highest BCUT2D eigenvalue weighted by Gasteiger charge is 2.21. The molecule has 1 aliphatic carbocycles. The fourth-order valence-corrected chi connectivity index (χ4v) is 4.55. The predicted octanol–water partition coefficient (Wildman–Crippen LogP) is 4.79. The van der Waals surface area contributed by atoms with Gasteiger partial charge in [0.15, 0.2) is 0 Å². The first-order chi connectivity index (χ1) is 16.4. The highest BCUT2D eigenvalue weighted by Crippen LogP contribution is 2.27. The molecule has 3 N–H and O–H groups in total. The minimum absolute atomic E-state index is 0.297. The van der Waals surface area contributed by atoms with E-state index in [4.69, 9.17) is 0 Å². The van der Waals surface area contributed by atoms with E-state index in [1.807, 2.05) is 38.1 Å². The Bertz CT molecular complexity index is 1170. The van der Waals surface area contributed by atoms with E-state index < -0.39 is 0 Å². The lowest BCUT2D eigenvalue weighted by molar-refractivity contribution is -0.113. The number of H-pyrrole nitrogens is 1. The average molecular weight is 461 g/mol. The lowest BCUT2D eigenvalue weighted by atomic mass is 9.94. The van der Waals surface area contributed by atoms with E-state index in [1.165, 1.54) is 11.1 Å². The zero-order valence-electron chi connectivity index (χ0n) is 20.1. The normalized spacial score (nSPS) is 14.3. The average Bonchev–Trinajstić information content (AvgIpc) is 3.37. The van der Waals surface area contributed by atoms with E-state index in [9.17, 15) is 9.59 Å². The van der Waals surface area contributed by atoms with Gasteiger partial charge in [0.1, 0.15) is 11.4 Å². The maximum atomic E-state index is 13.4. The van der Waals surface area contributed by atoms with Gasteiger partial charge < -0.3 is 10.6 Å². The third kappa shape index (κ3) is 5.27. The van der Waals surface area contributed by atoms with Crippen molar-refractivity contribution in [1.82, 2.24) is 25.3 Å². The molecule has 0 atom stereocenters. The quantitative estimate of drug-likeness (QED) is 0.476. The molecular weight excluding hydrogens is 428 g/mol. The van der Waals surface area contributed by atoms with Crippen LogP contribution in [0.4, 0.5) is 5.69 Å². The van der Waals surface area contributed by atoms with Gasteiger partial charge in [0, 0.05) is 30.2 Å². The van der Waals surface area contributed by atoms with Crippen LogP contribution in [0, 0.1) is 13.8 Å². The largest absolute Gasteiger partial charge is 0.321 e. The Morgan fingerprint density at radius 3 is 2.24 bits per heavy atom. The summed E-state index contributed by atoms with van der Waals surface area (Å²) in [5.41, 5.74) is 6.49. The Labute approximate surface area is 199 Å². The van der Waals surface area contributed by atoms with Crippen LogP contribution < -0.4 is 10.6 Å². The molecule has 0 bridgehead atoms. The van der Waals surface area contributed by atoms with Gasteiger partial charge in [0.2, 0.25) is 0 Å². The van der Waals surface area contributed by atoms with E-state index in [0.29, 0.717) is 17.1 Å². The number of carbonyl (C=O) groups excluding carboxylic acids is 2. The number of anilines is 1. The van der Waals surface area contributed by atoms with Crippen molar-refractivity contribution in [2.75, 3.05) is 5.32 Å². The van der Waals surface area contributed by atoms with Gasteiger partial charge in [-0.05, 0) is 68.9 Å². The highest BCUT2D eigenvalue weighted by molar-refractivity contribution is 6.08. The van der Waals surface area contributed by atoms with E-state index >= 15 is 0 Å². The van der Waals surface area contributed by atoms with Gasteiger partial charge in [-0.3, -0.25) is 19.4 Å². The number of nitrogens with zero attached hydrogens (tertiary/aromatic N) is 3. The minimum atomic E-state index is -0.332. The Morgan fingerprint density at radius 2 is 1.65 bits per heavy atom. The Morgan fingerprint density at radius 1 is 0.971 bits per heavy atom. The molecule has 4 rings (SSSR count). The molecular formula is C26H32N6O2. The van der Waals surface area contributed by atoms with Crippen molar-refractivity contribution in [1.29, 1.82) is 0 Å². The summed E-state index contributed by atoms with van der Waals surface area (Å²) in [6.07, 6.45) is 8.74. The van der Waals surface area contributed by atoms with Crippen LogP contribution in [-0.2, 0) is 11.8 Å². The summed E-state index contributed by atoms with van der Waals surface area (Å²) in [5, 5.41) is 17.2. The van der Waals surface area contributed by atoms with Gasteiger partial charge in [0.05, 0.1) is 5.69 Å². The molecule has 34 heavy (non-hydrogen) atoms. The molecule has 0 spiro atoms. The number of aromatic nitrogens is 4. The molecule has 3 aromatic rings. The molecule has 8 nitrogen and oxygen atoms in total. The number of hydrogen-bond acceptors (Lipinski definition) is 4. The second-order valence-electron chi connectivity index (χ2n) is 8.88. The van der Waals surface area contributed by atoms with Crippen LogP contribution in [0.1, 0.15) is 66.8 Å². The Balaban J connectivity index is 1.57. The molecule has 2 aromatic heterocycles. The van der Waals surface area contributed by atoms with Gasteiger partial charge in [-0.15, -0.1) is 0 Å². The van der Waals surface area contributed by atoms with Gasteiger partial charge in [0.25, 0.3) is 11.8 Å². The summed E-state index contributed by atoms with van der Waals surface area (Å²) >= 11 is 0. The van der Waals surface area contributed by atoms with Crippen molar-refractivity contribution in [3.8, 4) is 11.1 Å². The molecule has 0 saturated heterocycles. The van der Waals surface area contributed by atoms with Crippen LogP contribution in [-0.4, -0.2) is 31.8 Å². The zero-order valence-corrected chi connectivity index (χ0v) is 20.1. The molecule has 1 aliphatic rings. The standard InChI is InChI=1S/C26H32N6O2/c1-17-23(18(2)31-30-17)19-11-13-21(14-12-19)28-26(34)24(20-9-7-5-4-6-8-10-20)29-25(33)22-15-16-27-32(22)3/h11-16H,4-10H2,1-3H3,(H,28,34)(H,29,33)(H,30,31). The second-order valence-corrected chi connectivity index (χ2v) is 8.88. The number of hydrogen-bond donors (Lipinski definition) is 3. The van der Waals surface area contributed by atoms with Crippen LogP contribution in [0.25, 0.3) is 11.1 Å². The number of amides is 2. The van der Waals surface area contributed by atoms with Crippen molar-refractivity contribution in [2.45, 2.75) is 58.8 Å². The summed E-state index contributed by atoms with van der Waals surface area (Å²) in [6, 6.07) is 9.34. The van der Waals surface area contributed by atoms with Crippen LogP contribution in [0.15, 0.2) is 47.8 Å². The molecule has 0 radical (unpaired) electrons. The smallest absolute Gasteiger partial charge is 0.274 e. The third-order valence-corrected chi connectivity index (χ3v) is 6.39. The van der Waals surface area contributed by atoms with Crippen LogP contribution in [0.2, 0.25) is 0 Å². The van der Waals surface area contributed by atoms with Crippen LogP contribution in [0.3, 0.4) is 0 Å². The summed E-state index contributed by atoms with van der Waals surface area (Å²) < 4.78 is 1.51. The van der Waals surface area contributed by atoms with Gasteiger partial charge in [-0.1, -0.05) is 31.4 Å². The molecule has 2 heterocycles. The zero-order chi connectivity index (χ0) is 24.1. The van der Waals surface area contributed by atoms with Crippen molar-refractivity contribution >= 4 is 17.5 Å². The van der Waals surface area contributed by atoms with E-state index in [2.05, 4.69) is 25.9 Å². The van der Waals surface area contributed by atoms with Gasteiger partial charge in [-0.25, -0.2) is 0 Å². The van der Waals surface area contributed by atoms with Gasteiger partial charge in [-0.2, -0.15) is 10.2 Å². The maximum Gasteiger partial charge on any atom is 0.274 e. The lowest BCUT2D eigenvalue weighted by Gasteiger charge is -2.19. The number of aryl methyl sites for hydroxylation is 3. The first-order valence-corrected chi connectivity index (χ1v) is 11.9. The topological polar surface area (TPSA) is 105 Å². The molecule has 0 aliphatic heterocycles. The molecule has 0 unspecified atom stereocenters. The first kappa shape index (κ1) is 23.5. The first-order valence-electron chi connectivity index (χ1n) is 11.9. The van der Waals surface area contributed by atoms with Crippen LogP contribution >= 0.6 is 0 Å². The van der Waals surface area contributed by atoms with Gasteiger partial charge >= 0.3 is 0 Å². The molecule has 8 heteroatoms. The van der Waals surface area contributed by atoms with Crippen molar-refractivity contribution < 1.29 is 9.59 Å². The summed E-state index contributed by atoms with van der Waals surface area (Å²) in [5.74, 6) is -0.629. The Hall–Kier alpha value is -3.68. The summed E-state index contributed by atoms with van der Waals surface area (Å²) in [7, 11) is 1.71. The fourth-order valence-electron chi connectivity index (χ4n) is 4.55. The second kappa shape index (κ2) is 10.5. The lowest BCUT2D eigenvalue weighted by Crippen LogP contribution is -2.33. The number of aromatic amines is 1. The molecule has 1 fully saturated rings. The summed E-state index contributed by atoms with van der Waals surface area (Å²) in [6.45, 7) is 3.95. The SMILES string of the molecule is Cc1n[nH]c(C)c1-c1ccc(NC(=O)C(NC(=O)c2ccnn2C)=C2CCCCCCC2)cc1. The number of rotatable bonds is 5. The maximum absolute atomic E-state index is 13.4. The Kier molecular flexibility index (Phi) is 7.25. The van der Waals surface area contributed by atoms with E-state index in [0.717, 1.165) is 66.6 Å². The predicted molar refractivity (Wildman–Crippen MR) is 132 cm³/mol. The van der Waals surface area contributed by atoms with Crippen LogP contribution in [0.5, 0.6) is 0 Å². The monoisotopic (exact) mass is 460 g/mol. The number of carbonyl (C=O) groups is 2. The summed E-state index contributed by atoms with van der Waals surface area (Å²) in [4.78, 5) is 26.3.